The third-order valence-corrected chi connectivity index (χ3v) is 2.35. The Morgan fingerprint density at radius 2 is 2.00 bits per heavy atom. The van der Waals surface area contributed by atoms with Crippen LogP contribution in [0.1, 0.15) is 5.69 Å². The van der Waals surface area contributed by atoms with E-state index in [0.717, 1.165) is 5.69 Å². The number of benzene rings is 1. The van der Waals surface area contributed by atoms with Crippen LogP contribution in [-0.4, -0.2) is 16.3 Å². The SMILES string of the molecule is Fc1ccc(NC(=S)N/N=C\c2ccccn2)cc1. The van der Waals surface area contributed by atoms with E-state index in [4.69, 9.17) is 12.2 Å². The minimum Gasteiger partial charge on any atom is -0.331 e. The van der Waals surface area contributed by atoms with Crippen LogP contribution in [-0.2, 0) is 0 Å². The van der Waals surface area contributed by atoms with E-state index in [9.17, 15) is 4.39 Å². The van der Waals surface area contributed by atoms with Crippen molar-refractivity contribution in [3.8, 4) is 0 Å². The molecule has 0 radical (unpaired) electrons. The van der Waals surface area contributed by atoms with Gasteiger partial charge in [-0.1, -0.05) is 6.07 Å². The van der Waals surface area contributed by atoms with Crippen molar-refractivity contribution in [1.82, 2.24) is 10.4 Å². The predicted molar refractivity (Wildman–Crippen MR) is 77.6 cm³/mol. The van der Waals surface area contributed by atoms with Gasteiger partial charge in [-0.2, -0.15) is 5.10 Å². The maximum absolute atomic E-state index is 12.7. The summed E-state index contributed by atoms with van der Waals surface area (Å²) in [6, 6.07) is 11.4. The van der Waals surface area contributed by atoms with Crippen LogP contribution in [0.2, 0.25) is 0 Å². The fraction of sp³-hybridized carbons (Fsp3) is 0. The first-order valence-electron chi connectivity index (χ1n) is 5.51. The number of hydrogen-bond donors (Lipinski definition) is 2. The fourth-order valence-electron chi connectivity index (χ4n) is 1.30. The fourth-order valence-corrected chi connectivity index (χ4v) is 1.47. The van der Waals surface area contributed by atoms with Gasteiger partial charge in [0, 0.05) is 11.9 Å². The van der Waals surface area contributed by atoms with Gasteiger partial charge in [-0.3, -0.25) is 10.4 Å². The molecular formula is C13H11FN4S. The minimum atomic E-state index is -0.294. The smallest absolute Gasteiger partial charge is 0.191 e. The summed E-state index contributed by atoms with van der Waals surface area (Å²) in [6.45, 7) is 0. The number of pyridine rings is 1. The second kappa shape index (κ2) is 6.55. The van der Waals surface area contributed by atoms with Crippen molar-refractivity contribution < 1.29 is 4.39 Å². The number of anilines is 1. The highest BCUT2D eigenvalue weighted by molar-refractivity contribution is 7.80. The van der Waals surface area contributed by atoms with Crippen molar-refractivity contribution in [2.45, 2.75) is 0 Å². The van der Waals surface area contributed by atoms with Crippen molar-refractivity contribution in [1.29, 1.82) is 0 Å². The lowest BCUT2D eigenvalue weighted by atomic mass is 10.3. The van der Waals surface area contributed by atoms with Crippen LogP contribution in [0.4, 0.5) is 10.1 Å². The summed E-state index contributed by atoms with van der Waals surface area (Å²) in [5.41, 5.74) is 4.06. The second-order valence-electron chi connectivity index (χ2n) is 3.59. The number of hydrogen-bond acceptors (Lipinski definition) is 3. The van der Waals surface area contributed by atoms with Gasteiger partial charge in [0.2, 0.25) is 0 Å². The lowest BCUT2D eigenvalue weighted by Gasteiger charge is -2.06. The molecule has 2 rings (SSSR count). The molecular weight excluding hydrogens is 263 g/mol. The van der Waals surface area contributed by atoms with Crippen LogP contribution >= 0.6 is 12.2 Å². The normalized spacial score (nSPS) is 10.4. The standard InChI is InChI=1S/C13H11FN4S/c14-10-4-6-11(7-5-10)17-13(19)18-16-9-12-3-1-2-8-15-12/h1-9H,(H2,17,18,19)/b16-9-. The molecule has 0 fully saturated rings. The summed E-state index contributed by atoms with van der Waals surface area (Å²) in [5.74, 6) is -0.294. The van der Waals surface area contributed by atoms with Crippen molar-refractivity contribution in [2.24, 2.45) is 5.10 Å². The first-order chi connectivity index (χ1) is 9.24. The zero-order chi connectivity index (χ0) is 13.5. The molecule has 0 atom stereocenters. The third-order valence-electron chi connectivity index (χ3n) is 2.15. The van der Waals surface area contributed by atoms with Crippen LogP contribution < -0.4 is 10.7 Å². The number of nitrogens with zero attached hydrogens (tertiary/aromatic N) is 2. The van der Waals surface area contributed by atoms with E-state index in [-0.39, 0.29) is 5.82 Å². The van der Waals surface area contributed by atoms with Crippen molar-refractivity contribution in [2.75, 3.05) is 5.32 Å². The van der Waals surface area contributed by atoms with E-state index in [1.807, 2.05) is 18.2 Å². The Morgan fingerprint density at radius 1 is 1.21 bits per heavy atom. The molecule has 1 heterocycles. The minimum absolute atomic E-state index is 0.294. The predicted octanol–water partition coefficient (Wildman–Crippen LogP) is 2.54. The summed E-state index contributed by atoms with van der Waals surface area (Å²) in [5, 5.41) is 7.13. The van der Waals surface area contributed by atoms with Gasteiger partial charge in [-0.15, -0.1) is 0 Å². The Kier molecular flexibility index (Phi) is 4.52. The number of hydrazone groups is 1. The molecule has 1 aromatic heterocycles. The van der Waals surface area contributed by atoms with E-state index in [0.29, 0.717) is 10.8 Å². The van der Waals surface area contributed by atoms with Gasteiger partial charge in [0.05, 0.1) is 11.9 Å². The van der Waals surface area contributed by atoms with E-state index < -0.39 is 0 Å². The number of thiocarbonyl (C=S) groups is 1. The largest absolute Gasteiger partial charge is 0.331 e. The molecule has 6 heteroatoms. The van der Waals surface area contributed by atoms with Crippen molar-refractivity contribution in [3.05, 3.63) is 60.2 Å². The van der Waals surface area contributed by atoms with Crippen LogP contribution in [0.5, 0.6) is 0 Å². The molecule has 0 aliphatic heterocycles. The summed E-state index contributed by atoms with van der Waals surface area (Å²) in [7, 11) is 0. The number of halogens is 1. The van der Waals surface area contributed by atoms with Crippen LogP contribution in [0.15, 0.2) is 53.8 Å². The molecule has 0 spiro atoms. The van der Waals surface area contributed by atoms with Gasteiger partial charge < -0.3 is 5.32 Å². The first kappa shape index (κ1) is 13.1. The molecule has 0 aliphatic rings. The maximum atomic E-state index is 12.7. The van der Waals surface area contributed by atoms with Gasteiger partial charge in [-0.25, -0.2) is 4.39 Å². The Balaban J connectivity index is 1.85. The zero-order valence-electron chi connectivity index (χ0n) is 9.88. The molecule has 2 aromatic rings. The summed E-state index contributed by atoms with van der Waals surface area (Å²) < 4.78 is 12.7. The Hall–Kier alpha value is -2.34. The van der Waals surface area contributed by atoms with Crippen molar-refractivity contribution >= 4 is 29.2 Å². The lowest BCUT2D eigenvalue weighted by Crippen LogP contribution is -2.23. The molecule has 0 amide bonds. The van der Waals surface area contributed by atoms with E-state index in [1.165, 1.54) is 12.1 Å². The van der Waals surface area contributed by atoms with E-state index in [2.05, 4.69) is 20.8 Å². The molecule has 0 aliphatic carbocycles. The molecule has 2 N–H and O–H groups in total. The highest BCUT2D eigenvalue weighted by Gasteiger charge is 1.96. The lowest BCUT2D eigenvalue weighted by molar-refractivity contribution is 0.628. The zero-order valence-corrected chi connectivity index (χ0v) is 10.7. The van der Waals surface area contributed by atoms with E-state index >= 15 is 0 Å². The maximum Gasteiger partial charge on any atom is 0.191 e. The molecule has 4 nitrogen and oxygen atoms in total. The van der Waals surface area contributed by atoms with Gasteiger partial charge in [-0.05, 0) is 48.6 Å². The molecule has 19 heavy (non-hydrogen) atoms. The summed E-state index contributed by atoms with van der Waals surface area (Å²) in [4.78, 5) is 4.07. The average Bonchev–Trinajstić information content (AvgIpc) is 2.43. The monoisotopic (exact) mass is 274 g/mol. The van der Waals surface area contributed by atoms with Crippen molar-refractivity contribution in [3.63, 3.8) is 0 Å². The molecule has 96 valence electrons. The number of aromatic nitrogens is 1. The van der Waals surface area contributed by atoms with Crippen LogP contribution in [0.25, 0.3) is 0 Å². The molecule has 0 saturated carbocycles. The number of nitrogens with one attached hydrogen (secondary N) is 2. The average molecular weight is 274 g/mol. The molecule has 0 saturated heterocycles. The Labute approximate surface area is 115 Å². The highest BCUT2D eigenvalue weighted by atomic mass is 32.1. The van der Waals surface area contributed by atoms with Gasteiger partial charge in [0.15, 0.2) is 5.11 Å². The van der Waals surface area contributed by atoms with Crippen LogP contribution in [0.3, 0.4) is 0 Å². The van der Waals surface area contributed by atoms with E-state index in [1.54, 1.807) is 24.5 Å². The molecule has 0 bridgehead atoms. The topological polar surface area (TPSA) is 49.3 Å². The molecule has 0 unspecified atom stereocenters. The van der Waals surface area contributed by atoms with Crippen LogP contribution in [0, 0.1) is 5.82 Å². The van der Waals surface area contributed by atoms with Gasteiger partial charge >= 0.3 is 0 Å². The second-order valence-corrected chi connectivity index (χ2v) is 3.99. The Bertz CT molecular complexity index is 569. The third kappa shape index (κ3) is 4.44. The van der Waals surface area contributed by atoms with Gasteiger partial charge in [0.25, 0.3) is 0 Å². The summed E-state index contributed by atoms with van der Waals surface area (Å²) in [6.07, 6.45) is 3.23. The van der Waals surface area contributed by atoms with Gasteiger partial charge in [0.1, 0.15) is 5.82 Å². The Morgan fingerprint density at radius 3 is 2.68 bits per heavy atom. The number of rotatable bonds is 3. The molecule has 1 aromatic carbocycles. The first-order valence-corrected chi connectivity index (χ1v) is 5.91. The quantitative estimate of drug-likeness (QED) is 0.513. The summed E-state index contributed by atoms with van der Waals surface area (Å²) >= 11 is 5.03. The highest BCUT2D eigenvalue weighted by Crippen LogP contribution is 2.07.